The molecule has 0 aromatic carbocycles. The number of nitrogens with one attached hydrogen (secondary N) is 1. The van der Waals surface area contributed by atoms with Gasteiger partial charge in [-0.05, 0) is 39.3 Å². The van der Waals surface area contributed by atoms with E-state index >= 15 is 0 Å². The Morgan fingerprint density at radius 3 is 2.60 bits per heavy atom. The minimum Gasteiger partial charge on any atom is -0.381 e. The van der Waals surface area contributed by atoms with Crippen molar-refractivity contribution in [3.63, 3.8) is 0 Å². The number of piperazine rings is 1. The van der Waals surface area contributed by atoms with Crippen LogP contribution in [-0.2, 0) is 4.74 Å². The van der Waals surface area contributed by atoms with Crippen LogP contribution in [0.15, 0.2) is 4.99 Å². The second-order valence-corrected chi connectivity index (χ2v) is 7.80. The Kier molecular flexibility index (Phi) is 8.71. The number of aliphatic imine (C=N–C) groups is 1. The number of likely N-dealkylation sites (N-methyl/N-ethyl adjacent to an activating group) is 1. The third-order valence-electron chi connectivity index (χ3n) is 5.91. The fourth-order valence-corrected chi connectivity index (χ4v) is 4.15. The summed E-state index contributed by atoms with van der Waals surface area (Å²) in [5.74, 6) is 1.08. The van der Waals surface area contributed by atoms with Crippen molar-refractivity contribution in [2.24, 2.45) is 10.4 Å². The maximum Gasteiger partial charge on any atom is 0.193 e. The maximum absolute atomic E-state index is 5.63. The van der Waals surface area contributed by atoms with Crippen LogP contribution in [0.3, 0.4) is 0 Å². The molecule has 1 unspecified atom stereocenters. The lowest BCUT2D eigenvalue weighted by atomic mass is 9.87. The van der Waals surface area contributed by atoms with E-state index in [9.17, 15) is 0 Å². The minimum atomic E-state index is 0. The van der Waals surface area contributed by atoms with Crippen molar-refractivity contribution in [3.8, 4) is 0 Å². The van der Waals surface area contributed by atoms with Crippen LogP contribution in [-0.4, -0.2) is 100 Å². The molecule has 1 atom stereocenters. The number of hydrogen-bond donors (Lipinski definition) is 1. The van der Waals surface area contributed by atoms with Crippen LogP contribution in [0.1, 0.15) is 25.7 Å². The van der Waals surface area contributed by atoms with Gasteiger partial charge in [0.15, 0.2) is 5.96 Å². The largest absolute Gasteiger partial charge is 0.381 e. The van der Waals surface area contributed by atoms with Gasteiger partial charge < -0.3 is 24.8 Å². The Bertz CT molecular complexity index is 420. The topological polar surface area (TPSA) is 43.3 Å². The summed E-state index contributed by atoms with van der Waals surface area (Å²) >= 11 is 0. The molecule has 1 N–H and O–H groups in total. The molecule has 0 aliphatic carbocycles. The summed E-state index contributed by atoms with van der Waals surface area (Å²) in [6.07, 6.45) is 4.95. The van der Waals surface area contributed by atoms with Crippen molar-refractivity contribution in [1.82, 2.24) is 20.0 Å². The van der Waals surface area contributed by atoms with Crippen molar-refractivity contribution in [1.29, 1.82) is 0 Å². The lowest BCUT2D eigenvalue weighted by molar-refractivity contribution is 0.152. The molecule has 3 saturated heterocycles. The van der Waals surface area contributed by atoms with Gasteiger partial charge in [0.05, 0.1) is 6.61 Å². The Morgan fingerprint density at radius 1 is 1.12 bits per heavy atom. The Balaban J connectivity index is 0.00000225. The molecule has 1 spiro atoms. The van der Waals surface area contributed by atoms with Crippen LogP contribution in [0, 0.1) is 5.41 Å². The Labute approximate surface area is 170 Å². The highest BCUT2D eigenvalue weighted by molar-refractivity contribution is 14.0. The van der Waals surface area contributed by atoms with Crippen molar-refractivity contribution >= 4 is 29.9 Å². The molecular weight excluding hydrogens is 429 g/mol. The van der Waals surface area contributed by atoms with Gasteiger partial charge in [-0.1, -0.05) is 0 Å². The summed E-state index contributed by atoms with van der Waals surface area (Å²) in [5, 5.41) is 3.57. The number of guanidine groups is 1. The molecule has 7 heteroatoms. The van der Waals surface area contributed by atoms with E-state index in [0.29, 0.717) is 5.41 Å². The third-order valence-corrected chi connectivity index (χ3v) is 5.91. The quantitative estimate of drug-likeness (QED) is 0.287. The summed E-state index contributed by atoms with van der Waals surface area (Å²) in [6.45, 7) is 11.2. The molecule has 3 aliphatic heterocycles. The fraction of sp³-hybridized carbons (Fsp3) is 0.944. The normalized spacial score (nSPS) is 28.6. The predicted molar refractivity (Wildman–Crippen MR) is 114 cm³/mol. The first-order valence-corrected chi connectivity index (χ1v) is 9.65. The standard InChI is InChI=1S/C18H35N5O.HI/c1-19-17(23-9-5-18(15-23)6-14-24-16-18)20-7-3-4-8-22-12-10-21(2)11-13-22;/h3-16H2,1-2H3,(H,19,20);1H. The van der Waals surface area contributed by atoms with Crippen LogP contribution in [0.4, 0.5) is 0 Å². The van der Waals surface area contributed by atoms with Crippen LogP contribution >= 0.6 is 24.0 Å². The van der Waals surface area contributed by atoms with Crippen molar-refractivity contribution in [3.05, 3.63) is 0 Å². The molecule has 6 nitrogen and oxygen atoms in total. The van der Waals surface area contributed by atoms with E-state index in [1.807, 2.05) is 7.05 Å². The second kappa shape index (κ2) is 10.3. The molecule has 0 saturated carbocycles. The third kappa shape index (κ3) is 5.94. The van der Waals surface area contributed by atoms with Crippen LogP contribution in [0.5, 0.6) is 0 Å². The van der Waals surface area contributed by atoms with E-state index in [2.05, 4.69) is 32.1 Å². The average molecular weight is 465 g/mol. The molecular formula is C18H36IN5O. The van der Waals surface area contributed by atoms with Crippen molar-refractivity contribution in [2.75, 3.05) is 79.7 Å². The number of rotatable bonds is 5. The molecule has 0 radical (unpaired) electrons. The number of likely N-dealkylation sites (tertiary alicyclic amines) is 1. The van der Waals surface area contributed by atoms with E-state index in [1.165, 1.54) is 58.4 Å². The SMILES string of the molecule is CN=C(NCCCCN1CCN(C)CC1)N1CCC2(CCOC2)C1.I. The van der Waals surface area contributed by atoms with Crippen molar-refractivity contribution in [2.45, 2.75) is 25.7 Å². The van der Waals surface area contributed by atoms with Crippen LogP contribution in [0.2, 0.25) is 0 Å². The molecule has 25 heavy (non-hydrogen) atoms. The second-order valence-electron chi connectivity index (χ2n) is 7.80. The van der Waals surface area contributed by atoms with E-state index < -0.39 is 0 Å². The molecule has 0 aromatic rings. The molecule has 3 heterocycles. The van der Waals surface area contributed by atoms with Gasteiger partial charge in [-0.2, -0.15) is 0 Å². The molecule has 0 aromatic heterocycles. The lowest BCUT2D eigenvalue weighted by Crippen LogP contribution is -2.45. The summed E-state index contributed by atoms with van der Waals surface area (Å²) < 4.78 is 5.63. The summed E-state index contributed by atoms with van der Waals surface area (Å²) in [5.41, 5.74) is 0.402. The monoisotopic (exact) mass is 465 g/mol. The van der Waals surface area contributed by atoms with Gasteiger partial charge in [0.25, 0.3) is 0 Å². The van der Waals surface area contributed by atoms with Gasteiger partial charge in [0, 0.05) is 64.9 Å². The average Bonchev–Trinajstić information content (AvgIpc) is 3.23. The molecule has 146 valence electrons. The lowest BCUT2D eigenvalue weighted by Gasteiger charge is -2.32. The Morgan fingerprint density at radius 2 is 1.92 bits per heavy atom. The summed E-state index contributed by atoms with van der Waals surface area (Å²) in [7, 11) is 4.12. The first kappa shape index (κ1) is 21.2. The van der Waals surface area contributed by atoms with E-state index in [4.69, 9.17) is 4.74 Å². The highest BCUT2D eigenvalue weighted by Crippen LogP contribution is 2.38. The summed E-state index contributed by atoms with van der Waals surface area (Å²) in [6, 6.07) is 0. The number of nitrogens with zero attached hydrogens (tertiary/aromatic N) is 4. The number of unbranched alkanes of at least 4 members (excludes halogenated alkanes) is 1. The van der Waals surface area contributed by atoms with Gasteiger partial charge in [-0.3, -0.25) is 4.99 Å². The zero-order valence-electron chi connectivity index (χ0n) is 16.0. The summed E-state index contributed by atoms with van der Waals surface area (Å²) in [4.78, 5) is 11.9. The molecule has 3 aliphatic rings. The van der Waals surface area contributed by atoms with Crippen LogP contribution < -0.4 is 5.32 Å². The molecule has 0 amide bonds. The van der Waals surface area contributed by atoms with Crippen molar-refractivity contribution < 1.29 is 4.74 Å². The van der Waals surface area contributed by atoms with Crippen LogP contribution in [0.25, 0.3) is 0 Å². The molecule has 3 rings (SSSR count). The van der Waals surface area contributed by atoms with E-state index in [-0.39, 0.29) is 24.0 Å². The maximum atomic E-state index is 5.63. The fourth-order valence-electron chi connectivity index (χ4n) is 4.15. The van der Waals surface area contributed by atoms with Gasteiger partial charge >= 0.3 is 0 Å². The zero-order valence-corrected chi connectivity index (χ0v) is 18.3. The molecule has 3 fully saturated rings. The smallest absolute Gasteiger partial charge is 0.193 e. The predicted octanol–water partition coefficient (Wildman–Crippen LogP) is 1.32. The number of halogens is 1. The van der Waals surface area contributed by atoms with E-state index in [1.54, 1.807) is 0 Å². The van der Waals surface area contributed by atoms with Gasteiger partial charge in [0.2, 0.25) is 0 Å². The minimum absolute atomic E-state index is 0. The number of hydrogen-bond acceptors (Lipinski definition) is 4. The first-order chi connectivity index (χ1) is 11.7. The first-order valence-electron chi connectivity index (χ1n) is 9.65. The Hall–Kier alpha value is -0.120. The van der Waals surface area contributed by atoms with Gasteiger partial charge in [-0.25, -0.2) is 0 Å². The number of ether oxygens (including phenoxy) is 1. The highest BCUT2D eigenvalue weighted by Gasteiger charge is 2.42. The van der Waals surface area contributed by atoms with Gasteiger partial charge in [-0.15, -0.1) is 24.0 Å². The van der Waals surface area contributed by atoms with Gasteiger partial charge in [0.1, 0.15) is 0 Å². The highest BCUT2D eigenvalue weighted by atomic mass is 127. The zero-order chi connectivity index (χ0) is 16.8. The molecule has 0 bridgehead atoms. The van der Waals surface area contributed by atoms with E-state index in [0.717, 1.165) is 38.8 Å².